The number of halogens is 3. The molecular weight excluding hydrogens is 242 g/mol. The third kappa shape index (κ3) is 2.79. The smallest absolute Gasteiger partial charge is 0.337 e. The molecule has 1 heterocycles. The Morgan fingerprint density at radius 1 is 1.69 bits per heavy atom. The van der Waals surface area contributed by atoms with Crippen LogP contribution >= 0.6 is 11.6 Å². The van der Waals surface area contributed by atoms with Gasteiger partial charge >= 0.3 is 5.97 Å². The summed E-state index contributed by atoms with van der Waals surface area (Å²) < 4.78 is 24.3. The van der Waals surface area contributed by atoms with Gasteiger partial charge in [0.1, 0.15) is 5.82 Å². The SMILES string of the molecule is CN(CC(F)F)c1nccc(C(=O)O)c1Cl. The topological polar surface area (TPSA) is 53.4 Å². The molecule has 0 atom stereocenters. The fraction of sp³-hybridized carbons (Fsp3) is 0.333. The minimum atomic E-state index is -2.55. The molecule has 0 radical (unpaired) electrons. The van der Waals surface area contributed by atoms with Crippen molar-refractivity contribution in [3.63, 3.8) is 0 Å². The fourth-order valence-electron chi connectivity index (χ4n) is 1.16. The summed E-state index contributed by atoms with van der Waals surface area (Å²) in [5.74, 6) is -1.19. The summed E-state index contributed by atoms with van der Waals surface area (Å²) in [7, 11) is 1.37. The normalized spacial score (nSPS) is 10.6. The quantitative estimate of drug-likeness (QED) is 0.890. The van der Waals surface area contributed by atoms with Crippen LogP contribution in [-0.4, -0.2) is 36.1 Å². The first-order valence-corrected chi connectivity index (χ1v) is 4.68. The number of anilines is 1. The second-order valence-electron chi connectivity index (χ2n) is 3.07. The summed E-state index contributed by atoms with van der Waals surface area (Å²) in [6.07, 6.45) is -1.33. The first-order valence-electron chi connectivity index (χ1n) is 4.30. The summed E-state index contributed by atoms with van der Waals surface area (Å²) in [5.41, 5.74) is -0.159. The van der Waals surface area contributed by atoms with Crippen LogP contribution in [0.3, 0.4) is 0 Å². The number of aromatic nitrogens is 1. The fourth-order valence-corrected chi connectivity index (χ4v) is 1.49. The van der Waals surface area contributed by atoms with Crippen LogP contribution in [0.15, 0.2) is 12.3 Å². The third-order valence-electron chi connectivity index (χ3n) is 1.87. The molecule has 1 aromatic rings. The van der Waals surface area contributed by atoms with Crippen LogP contribution < -0.4 is 4.90 Å². The Morgan fingerprint density at radius 3 is 2.81 bits per heavy atom. The van der Waals surface area contributed by atoms with Crippen LogP contribution in [0, 0.1) is 0 Å². The van der Waals surface area contributed by atoms with Gasteiger partial charge in [0.05, 0.1) is 17.1 Å². The number of hydrogen-bond acceptors (Lipinski definition) is 3. The van der Waals surface area contributed by atoms with Gasteiger partial charge in [-0.15, -0.1) is 0 Å². The molecule has 0 bridgehead atoms. The van der Waals surface area contributed by atoms with Gasteiger partial charge in [-0.1, -0.05) is 11.6 Å². The highest BCUT2D eigenvalue weighted by atomic mass is 35.5. The summed E-state index contributed by atoms with van der Waals surface area (Å²) in [6.45, 7) is -0.560. The summed E-state index contributed by atoms with van der Waals surface area (Å²) in [6, 6.07) is 1.21. The highest BCUT2D eigenvalue weighted by molar-refractivity contribution is 6.35. The molecule has 0 aromatic carbocycles. The van der Waals surface area contributed by atoms with E-state index in [0.29, 0.717) is 0 Å². The summed E-state index contributed by atoms with van der Waals surface area (Å²) in [5, 5.41) is 8.63. The van der Waals surface area contributed by atoms with E-state index in [1.165, 1.54) is 19.3 Å². The van der Waals surface area contributed by atoms with E-state index in [-0.39, 0.29) is 16.4 Å². The lowest BCUT2D eigenvalue weighted by Gasteiger charge is -2.19. The van der Waals surface area contributed by atoms with E-state index in [0.717, 1.165) is 4.90 Å². The molecule has 0 spiro atoms. The van der Waals surface area contributed by atoms with Crippen LogP contribution in [0.5, 0.6) is 0 Å². The van der Waals surface area contributed by atoms with Gasteiger partial charge in [-0.05, 0) is 6.07 Å². The maximum Gasteiger partial charge on any atom is 0.337 e. The van der Waals surface area contributed by atoms with Crippen LogP contribution in [0.2, 0.25) is 5.02 Å². The Kier molecular flexibility index (Phi) is 4.00. The zero-order valence-electron chi connectivity index (χ0n) is 8.32. The zero-order chi connectivity index (χ0) is 12.3. The molecule has 0 unspecified atom stereocenters. The maximum absolute atomic E-state index is 12.1. The number of carboxylic acids is 1. The Labute approximate surface area is 95.5 Å². The van der Waals surface area contributed by atoms with Crippen molar-refractivity contribution >= 4 is 23.4 Å². The molecule has 4 nitrogen and oxygen atoms in total. The second-order valence-corrected chi connectivity index (χ2v) is 3.45. The molecular formula is C9H9ClF2N2O2. The lowest BCUT2D eigenvalue weighted by Crippen LogP contribution is -2.25. The molecule has 0 saturated carbocycles. The van der Waals surface area contributed by atoms with Crippen molar-refractivity contribution in [3.8, 4) is 0 Å². The van der Waals surface area contributed by atoms with Crippen molar-refractivity contribution in [2.45, 2.75) is 6.43 Å². The van der Waals surface area contributed by atoms with Gasteiger partial charge in [-0.3, -0.25) is 0 Å². The standard InChI is InChI=1S/C9H9ClF2N2O2/c1-14(4-6(11)12)8-7(10)5(9(15)16)2-3-13-8/h2-3,6H,4H2,1H3,(H,15,16). The molecule has 0 aliphatic carbocycles. The van der Waals surface area contributed by atoms with Crippen molar-refractivity contribution in [2.75, 3.05) is 18.5 Å². The molecule has 0 aliphatic heterocycles. The van der Waals surface area contributed by atoms with E-state index in [1.807, 2.05) is 0 Å². The predicted molar refractivity (Wildman–Crippen MR) is 55.5 cm³/mol. The molecule has 0 amide bonds. The van der Waals surface area contributed by atoms with Gasteiger partial charge in [0.15, 0.2) is 0 Å². The van der Waals surface area contributed by atoms with Gasteiger partial charge < -0.3 is 10.0 Å². The molecule has 1 N–H and O–H groups in total. The third-order valence-corrected chi connectivity index (χ3v) is 2.25. The molecule has 0 aliphatic rings. The van der Waals surface area contributed by atoms with Gasteiger partial charge in [0.25, 0.3) is 6.43 Å². The monoisotopic (exact) mass is 250 g/mol. The minimum Gasteiger partial charge on any atom is -0.478 e. The Bertz CT molecular complexity index is 401. The second kappa shape index (κ2) is 5.07. The largest absolute Gasteiger partial charge is 0.478 e. The predicted octanol–water partition coefficient (Wildman–Crippen LogP) is 2.13. The molecule has 88 valence electrons. The van der Waals surface area contributed by atoms with E-state index in [4.69, 9.17) is 16.7 Å². The van der Waals surface area contributed by atoms with Gasteiger partial charge in [-0.2, -0.15) is 0 Å². The van der Waals surface area contributed by atoms with Crippen molar-refractivity contribution < 1.29 is 18.7 Å². The van der Waals surface area contributed by atoms with Crippen molar-refractivity contribution in [3.05, 3.63) is 22.8 Å². The number of pyridine rings is 1. The van der Waals surface area contributed by atoms with E-state index in [9.17, 15) is 13.6 Å². The number of aromatic carboxylic acids is 1. The lowest BCUT2D eigenvalue weighted by molar-refractivity contribution is 0.0697. The number of hydrogen-bond donors (Lipinski definition) is 1. The number of carbonyl (C=O) groups is 1. The summed E-state index contributed by atoms with van der Waals surface area (Å²) >= 11 is 5.75. The highest BCUT2D eigenvalue weighted by Crippen LogP contribution is 2.26. The number of nitrogens with zero attached hydrogens (tertiary/aromatic N) is 2. The molecule has 7 heteroatoms. The number of alkyl halides is 2. The van der Waals surface area contributed by atoms with Crippen molar-refractivity contribution in [1.29, 1.82) is 0 Å². The van der Waals surface area contributed by atoms with Crippen molar-refractivity contribution in [2.24, 2.45) is 0 Å². The Hall–Kier alpha value is -1.43. The molecule has 1 rings (SSSR count). The maximum atomic E-state index is 12.1. The Morgan fingerprint density at radius 2 is 2.31 bits per heavy atom. The van der Waals surface area contributed by atoms with Crippen LogP contribution in [0.1, 0.15) is 10.4 Å². The van der Waals surface area contributed by atoms with Crippen molar-refractivity contribution in [1.82, 2.24) is 4.98 Å². The van der Waals surface area contributed by atoms with E-state index in [2.05, 4.69) is 4.98 Å². The lowest BCUT2D eigenvalue weighted by atomic mass is 10.2. The minimum absolute atomic E-state index is 0.0295. The number of carboxylic acid groups (broad SMARTS) is 1. The van der Waals surface area contributed by atoms with E-state index < -0.39 is 18.9 Å². The zero-order valence-corrected chi connectivity index (χ0v) is 9.08. The molecule has 1 aromatic heterocycles. The average Bonchev–Trinajstić information content (AvgIpc) is 2.16. The van der Waals surface area contributed by atoms with Crippen LogP contribution in [-0.2, 0) is 0 Å². The summed E-state index contributed by atoms with van der Waals surface area (Å²) in [4.78, 5) is 15.6. The molecule has 0 fully saturated rings. The van der Waals surface area contributed by atoms with Crippen LogP contribution in [0.25, 0.3) is 0 Å². The first-order chi connectivity index (χ1) is 7.43. The number of rotatable bonds is 4. The van der Waals surface area contributed by atoms with E-state index >= 15 is 0 Å². The van der Waals surface area contributed by atoms with Gasteiger partial charge in [0, 0.05) is 13.2 Å². The molecule has 16 heavy (non-hydrogen) atoms. The molecule has 0 saturated heterocycles. The van der Waals surface area contributed by atoms with E-state index in [1.54, 1.807) is 0 Å². The average molecular weight is 251 g/mol. The first kappa shape index (κ1) is 12.6. The Balaban J connectivity index is 3.05. The highest BCUT2D eigenvalue weighted by Gasteiger charge is 2.17. The van der Waals surface area contributed by atoms with Gasteiger partial charge in [0.2, 0.25) is 0 Å². The van der Waals surface area contributed by atoms with Gasteiger partial charge in [-0.25, -0.2) is 18.6 Å². The van der Waals surface area contributed by atoms with Crippen LogP contribution in [0.4, 0.5) is 14.6 Å².